The summed E-state index contributed by atoms with van der Waals surface area (Å²) in [5.41, 5.74) is 16.8. The number of amidine groups is 2. The molecule has 1 saturated heterocycles. The van der Waals surface area contributed by atoms with Crippen LogP contribution in [0, 0.1) is 11.8 Å². The van der Waals surface area contributed by atoms with Gasteiger partial charge in [-0.3, -0.25) is 9.98 Å². The standard InChI is InChI=1S/C27H40N6/c1-20(2)18-30-26(28)22-6-10-24(11-7-22)32-14-5-15-33(17-16-32)25-12-8-23(9-13-25)27(29)31-19-21(3)4/h6-13,20-21H,5,14-19H2,1-4H3,(H2,28,30)(H2,29,31). The maximum atomic E-state index is 6.15. The summed E-state index contributed by atoms with van der Waals surface area (Å²) in [4.78, 5) is 13.9. The third kappa shape index (κ3) is 7.24. The summed E-state index contributed by atoms with van der Waals surface area (Å²) in [7, 11) is 0. The molecule has 6 heteroatoms. The van der Waals surface area contributed by atoms with Crippen LogP contribution in [0.1, 0.15) is 45.2 Å². The molecule has 0 atom stereocenters. The molecule has 178 valence electrons. The lowest BCUT2D eigenvalue weighted by Crippen LogP contribution is -2.30. The van der Waals surface area contributed by atoms with Crippen molar-refractivity contribution in [2.75, 3.05) is 49.1 Å². The first-order valence-corrected chi connectivity index (χ1v) is 12.1. The van der Waals surface area contributed by atoms with E-state index in [-0.39, 0.29) is 0 Å². The van der Waals surface area contributed by atoms with E-state index in [0.29, 0.717) is 23.5 Å². The number of nitrogens with zero attached hydrogens (tertiary/aromatic N) is 4. The number of nitrogens with two attached hydrogens (primary N) is 2. The predicted molar refractivity (Wildman–Crippen MR) is 143 cm³/mol. The summed E-state index contributed by atoms with van der Waals surface area (Å²) >= 11 is 0. The van der Waals surface area contributed by atoms with E-state index in [1.165, 1.54) is 11.4 Å². The van der Waals surface area contributed by atoms with Crippen molar-refractivity contribution in [3.8, 4) is 0 Å². The van der Waals surface area contributed by atoms with Crippen LogP contribution >= 0.6 is 0 Å². The van der Waals surface area contributed by atoms with Crippen LogP contribution in [0.25, 0.3) is 0 Å². The summed E-state index contributed by atoms with van der Waals surface area (Å²) in [6.45, 7) is 14.2. The van der Waals surface area contributed by atoms with Crippen molar-refractivity contribution < 1.29 is 0 Å². The van der Waals surface area contributed by atoms with Gasteiger partial charge in [-0.1, -0.05) is 27.7 Å². The second kappa shape index (κ2) is 11.7. The van der Waals surface area contributed by atoms with Gasteiger partial charge >= 0.3 is 0 Å². The highest BCUT2D eigenvalue weighted by Gasteiger charge is 2.16. The number of anilines is 2. The van der Waals surface area contributed by atoms with Crippen molar-refractivity contribution in [2.45, 2.75) is 34.1 Å². The Balaban J connectivity index is 1.60. The zero-order valence-corrected chi connectivity index (χ0v) is 20.7. The van der Waals surface area contributed by atoms with Crippen LogP contribution in [-0.2, 0) is 0 Å². The fourth-order valence-electron chi connectivity index (χ4n) is 3.86. The molecule has 0 radical (unpaired) electrons. The van der Waals surface area contributed by atoms with Crippen LogP contribution < -0.4 is 21.3 Å². The van der Waals surface area contributed by atoms with Gasteiger partial charge in [-0.2, -0.15) is 0 Å². The Hall–Kier alpha value is -3.02. The van der Waals surface area contributed by atoms with Crippen LogP contribution in [0.3, 0.4) is 0 Å². The van der Waals surface area contributed by atoms with Crippen molar-refractivity contribution in [2.24, 2.45) is 33.3 Å². The van der Waals surface area contributed by atoms with Crippen LogP contribution in [0.5, 0.6) is 0 Å². The summed E-state index contributed by atoms with van der Waals surface area (Å²) in [5, 5.41) is 0. The third-order valence-corrected chi connectivity index (χ3v) is 5.81. The largest absolute Gasteiger partial charge is 0.384 e. The topological polar surface area (TPSA) is 83.2 Å². The number of aliphatic imine (C=N–C) groups is 2. The van der Waals surface area contributed by atoms with Crippen molar-refractivity contribution >= 4 is 23.0 Å². The van der Waals surface area contributed by atoms with Crippen LogP contribution in [0.15, 0.2) is 58.5 Å². The van der Waals surface area contributed by atoms with Gasteiger partial charge in [0.2, 0.25) is 0 Å². The molecule has 2 aromatic rings. The summed E-state index contributed by atoms with van der Waals surface area (Å²) in [6, 6.07) is 17.0. The first-order valence-electron chi connectivity index (χ1n) is 12.1. The molecule has 1 fully saturated rings. The maximum Gasteiger partial charge on any atom is 0.125 e. The molecule has 0 saturated carbocycles. The lowest BCUT2D eigenvalue weighted by molar-refractivity contribution is 0.665. The van der Waals surface area contributed by atoms with Gasteiger partial charge in [-0.25, -0.2) is 0 Å². The highest BCUT2D eigenvalue weighted by Crippen LogP contribution is 2.21. The SMILES string of the molecule is CC(C)CN=C(N)c1ccc(N2CCCN(c3ccc(C(N)=NCC(C)C)cc3)CC2)cc1. The number of benzene rings is 2. The molecule has 33 heavy (non-hydrogen) atoms. The molecule has 0 unspecified atom stereocenters. The van der Waals surface area contributed by atoms with E-state index in [1.807, 2.05) is 0 Å². The number of hydrogen-bond donors (Lipinski definition) is 2. The average Bonchev–Trinajstić information content (AvgIpc) is 3.07. The molecule has 0 aliphatic carbocycles. The van der Waals surface area contributed by atoms with Crippen molar-refractivity contribution in [3.63, 3.8) is 0 Å². The Labute approximate surface area is 199 Å². The average molecular weight is 449 g/mol. The maximum absolute atomic E-state index is 6.15. The van der Waals surface area contributed by atoms with E-state index in [2.05, 4.69) is 96.0 Å². The van der Waals surface area contributed by atoms with Gasteiger partial charge in [-0.05, 0) is 66.8 Å². The first-order chi connectivity index (χ1) is 15.8. The van der Waals surface area contributed by atoms with Gasteiger partial charge in [0.15, 0.2) is 0 Å². The Bertz CT molecular complexity index is 851. The molecule has 6 nitrogen and oxygen atoms in total. The molecular weight excluding hydrogens is 408 g/mol. The Morgan fingerprint density at radius 2 is 1.03 bits per heavy atom. The highest BCUT2D eigenvalue weighted by molar-refractivity contribution is 5.98. The molecule has 1 aliphatic rings. The van der Waals surface area contributed by atoms with E-state index in [4.69, 9.17) is 11.5 Å². The van der Waals surface area contributed by atoms with Crippen LogP contribution in [0.2, 0.25) is 0 Å². The minimum atomic E-state index is 0.509. The van der Waals surface area contributed by atoms with Gasteiger partial charge < -0.3 is 21.3 Å². The third-order valence-electron chi connectivity index (χ3n) is 5.81. The molecule has 0 amide bonds. The van der Waals surface area contributed by atoms with Crippen molar-refractivity contribution in [1.29, 1.82) is 0 Å². The molecule has 3 rings (SSSR count). The number of rotatable bonds is 8. The zero-order valence-electron chi connectivity index (χ0n) is 20.7. The van der Waals surface area contributed by atoms with Crippen LogP contribution in [-0.4, -0.2) is 50.9 Å². The van der Waals surface area contributed by atoms with Gasteiger partial charge in [0.05, 0.1) is 0 Å². The Morgan fingerprint density at radius 1 is 0.667 bits per heavy atom. The van der Waals surface area contributed by atoms with Crippen molar-refractivity contribution in [1.82, 2.24) is 0 Å². The molecule has 1 heterocycles. The highest BCUT2D eigenvalue weighted by atomic mass is 15.2. The molecule has 4 N–H and O–H groups in total. The zero-order chi connectivity index (χ0) is 23.8. The number of hydrogen-bond acceptors (Lipinski definition) is 4. The minimum Gasteiger partial charge on any atom is -0.384 e. The van der Waals surface area contributed by atoms with Crippen LogP contribution in [0.4, 0.5) is 11.4 Å². The second-order valence-corrected chi connectivity index (χ2v) is 9.66. The van der Waals surface area contributed by atoms with Gasteiger partial charge in [0.25, 0.3) is 0 Å². The van der Waals surface area contributed by atoms with E-state index in [0.717, 1.165) is 56.8 Å². The lowest BCUT2D eigenvalue weighted by atomic mass is 10.1. The minimum absolute atomic E-state index is 0.509. The smallest absolute Gasteiger partial charge is 0.125 e. The van der Waals surface area contributed by atoms with Crippen molar-refractivity contribution in [3.05, 3.63) is 59.7 Å². The van der Waals surface area contributed by atoms with E-state index >= 15 is 0 Å². The fourth-order valence-corrected chi connectivity index (χ4v) is 3.86. The van der Waals surface area contributed by atoms with Gasteiger partial charge in [0.1, 0.15) is 11.7 Å². The van der Waals surface area contributed by atoms with E-state index in [1.54, 1.807) is 0 Å². The Morgan fingerprint density at radius 3 is 1.36 bits per heavy atom. The molecule has 0 spiro atoms. The second-order valence-electron chi connectivity index (χ2n) is 9.66. The lowest BCUT2D eigenvalue weighted by Gasteiger charge is -2.25. The summed E-state index contributed by atoms with van der Waals surface area (Å²) < 4.78 is 0. The molecule has 1 aliphatic heterocycles. The van der Waals surface area contributed by atoms with Gasteiger partial charge in [-0.15, -0.1) is 0 Å². The predicted octanol–water partition coefficient (Wildman–Crippen LogP) is 4.13. The molecule has 0 bridgehead atoms. The fraction of sp³-hybridized carbons (Fsp3) is 0.481. The monoisotopic (exact) mass is 448 g/mol. The van der Waals surface area contributed by atoms with E-state index < -0.39 is 0 Å². The summed E-state index contributed by atoms with van der Waals surface area (Å²) in [5.74, 6) is 2.26. The molecule has 2 aromatic carbocycles. The normalized spacial score (nSPS) is 15.9. The molecular formula is C27H40N6. The molecule has 0 aromatic heterocycles. The summed E-state index contributed by atoms with van der Waals surface area (Å²) in [6.07, 6.45) is 1.11. The van der Waals surface area contributed by atoms with E-state index in [9.17, 15) is 0 Å². The Kier molecular flexibility index (Phi) is 8.75. The quantitative estimate of drug-likeness (QED) is 0.470. The first kappa shape index (κ1) is 24.6. The van der Waals surface area contributed by atoms with Gasteiger partial charge in [0, 0.05) is 61.8 Å².